The maximum atomic E-state index is 12.3. The zero-order valence-electron chi connectivity index (χ0n) is 18.7. The van der Waals surface area contributed by atoms with Gasteiger partial charge in [0, 0.05) is 22.2 Å². The number of benzene rings is 2. The van der Waals surface area contributed by atoms with E-state index in [9.17, 15) is 24.3 Å². The van der Waals surface area contributed by atoms with Crippen LogP contribution in [0, 0.1) is 0 Å². The van der Waals surface area contributed by atoms with Crippen LogP contribution in [0.3, 0.4) is 0 Å². The van der Waals surface area contributed by atoms with Crippen LogP contribution in [0.4, 0.5) is 5.69 Å². The van der Waals surface area contributed by atoms with E-state index in [1.54, 1.807) is 48.5 Å². The van der Waals surface area contributed by atoms with Crippen LogP contribution in [0.2, 0.25) is 0 Å². The molecule has 34 heavy (non-hydrogen) atoms. The fourth-order valence-corrected chi connectivity index (χ4v) is 4.15. The van der Waals surface area contributed by atoms with Crippen molar-refractivity contribution in [1.82, 2.24) is 10.6 Å². The Morgan fingerprint density at radius 2 is 1.88 bits per heavy atom. The maximum absolute atomic E-state index is 12.3. The largest absolute Gasteiger partial charge is 0.481 e. The molecule has 0 aliphatic carbocycles. The van der Waals surface area contributed by atoms with Crippen LogP contribution in [0.5, 0.6) is 0 Å². The number of nitrogens with two attached hydrogens (primary N) is 1. The van der Waals surface area contributed by atoms with Gasteiger partial charge in [-0.05, 0) is 42.5 Å². The Morgan fingerprint density at radius 3 is 2.59 bits per heavy atom. The fourth-order valence-electron chi connectivity index (χ4n) is 3.05. The number of rotatable bonds is 13. The first kappa shape index (κ1) is 26.7. The number of carbonyl (C=O) groups excluding carboxylic acids is 3. The van der Waals surface area contributed by atoms with E-state index in [1.807, 2.05) is 0 Å². The zero-order chi connectivity index (χ0) is 24.9. The number of thioether (sulfide) groups is 1. The van der Waals surface area contributed by atoms with E-state index < -0.39 is 29.8 Å². The predicted molar refractivity (Wildman–Crippen MR) is 129 cm³/mol. The van der Waals surface area contributed by atoms with Gasteiger partial charge in [0.25, 0.3) is 5.91 Å². The Morgan fingerprint density at radius 1 is 1.12 bits per heavy atom. The lowest BCUT2D eigenvalue weighted by Crippen LogP contribution is -2.43. The van der Waals surface area contributed by atoms with Crippen molar-refractivity contribution in [1.29, 1.82) is 0 Å². The molecule has 0 spiro atoms. The third kappa shape index (κ3) is 8.75. The van der Waals surface area contributed by atoms with E-state index in [2.05, 4.69) is 16.0 Å². The average Bonchev–Trinajstić information content (AvgIpc) is 2.82. The topological polar surface area (TPSA) is 160 Å². The first-order valence-corrected chi connectivity index (χ1v) is 11.5. The van der Waals surface area contributed by atoms with Crippen LogP contribution in [-0.4, -0.2) is 61.0 Å². The van der Waals surface area contributed by atoms with Crippen molar-refractivity contribution in [3.05, 3.63) is 59.7 Å². The molecule has 6 N–H and O–H groups in total. The smallest absolute Gasteiger partial charge is 0.338 e. The molecule has 0 aliphatic rings. The molecule has 2 amide bonds. The van der Waals surface area contributed by atoms with Gasteiger partial charge in [-0.2, -0.15) is 0 Å². The molecule has 0 aromatic heterocycles. The highest BCUT2D eigenvalue weighted by Gasteiger charge is 2.18. The summed E-state index contributed by atoms with van der Waals surface area (Å²) in [6.45, 7) is -0.0905. The summed E-state index contributed by atoms with van der Waals surface area (Å²) in [6.07, 6.45) is 0.0741. The summed E-state index contributed by atoms with van der Waals surface area (Å²) in [5.41, 5.74) is 6.88. The van der Waals surface area contributed by atoms with Crippen molar-refractivity contribution < 1.29 is 29.0 Å². The van der Waals surface area contributed by atoms with Crippen LogP contribution >= 0.6 is 11.8 Å². The number of aliphatic carboxylic acids is 1. The van der Waals surface area contributed by atoms with E-state index in [4.69, 9.17) is 10.5 Å². The Bertz CT molecular complexity index is 1020. The van der Waals surface area contributed by atoms with Gasteiger partial charge in [0.2, 0.25) is 5.91 Å². The van der Waals surface area contributed by atoms with Crippen LogP contribution in [0.15, 0.2) is 53.4 Å². The normalized spacial score (nSPS) is 11.2. The summed E-state index contributed by atoms with van der Waals surface area (Å²) >= 11 is 1.36. The molecule has 0 aliphatic heterocycles. The first-order chi connectivity index (χ1) is 16.3. The highest BCUT2D eigenvalue weighted by molar-refractivity contribution is 7.99. The minimum absolute atomic E-state index is 0.213. The number of methoxy groups -OCH3 is 1. The van der Waals surface area contributed by atoms with Gasteiger partial charge in [0.05, 0.1) is 32.3 Å². The number of nitrogens with one attached hydrogen (secondary N) is 3. The SMILES string of the molecule is COC(=O)c1ccccc1SCCC(CC(=O)O)NC(=O)CNC(=O)c1cccc(NCN)c1. The van der Waals surface area contributed by atoms with Crippen molar-refractivity contribution in [3.8, 4) is 0 Å². The molecule has 0 fully saturated rings. The second kappa shape index (κ2) is 13.9. The average molecular weight is 489 g/mol. The second-order valence-electron chi connectivity index (χ2n) is 7.13. The molecule has 182 valence electrons. The van der Waals surface area contributed by atoms with Crippen LogP contribution in [-0.2, 0) is 14.3 Å². The number of amides is 2. The summed E-state index contributed by atoms with van der Waals surface area (Å²) in [6, 6.07) is 12.9. The Balaban J connectivity index is 1.89. The highest BCUT2D eigenvalue weighted by Crippen LogP contribution is 2.24. The van der Waals surface area contributed by atoms with Gasteiger partial charge < -0.3 is 31.5 Å². The van der Waals surface area contributed by atoms with Crippen molar-refractivity contribution in [2.24, 2.45) is 5.73 Å². The molecular formula is C23H28N4O6S. The number of carboxylic acid groups (broad SMARTS) is 1. The number of carbonyl (C=O) groups is 4. The van der Waals surface area contributed by atoms with Crippen molar-refractivity contribution in [2.45, 2.75) is 23.8 Å². The van der Waals surface area contributed by atoms with E-state index in [0.717, 1.165) is 0 Å². The molecule has 11 heteroatoms. The van der Waals surface area contributed by atoms with Gasteiger partial charge >= 0.3 is 11.9 Å². The fraction of sp³-hybridized carbons (Fsp3) is 0.304. The highest BCUT2D eigenvalue weighted by atomic mass is 32.2. The standard InChI is InChI=1S/C23H28N4O6S/c1-33-23(32)18-7-2-3-8-19(18)34-10-9-17(12-21(29)30)27-20(28)13-25-22(31)15-5-4-6-16(11-15)26-14-24/h2-8,11,17,26H,9-10,12-14,24H2,1H3,(H,25,31)(H,27,28)(H,29,30). The maximum Gasteiger partial charge on any atom is 0.338 e. The lowest BCUT2D eigenvalue weighted by Gasteiger charge is -2.17. The van der Waals surface area contributed by atoms with Gasteiger partial charge in [-0.15, -0.1) is 11.8 Å². The Hall–Kier alpha value is -3.57. The minimum atomic E-state index is -1.06. The molecule has 0 saturated heterocycles. The monoisotopic (exact) mass is 488 g/mol. The molecule has 0 bridgehead atoms. The third-order valence-electron chi connectivity index (χ3n) is 4.64. The van der Waals surface area contributed by atoms with Crippen molar-refractivity contribution in [3.63, 3.8) is 0 Å². The molecule has 2 rings (SSSR count). The predicted octanol–water partition coefficient (Wildman–Crippen LogP) is 1.67. The molecule has 0 heterocycles. The van der Waals surface area contributed by atoms with Gasteiger partial charge in [-0.3, -0.25) is 14.4 Å². The molecule has 1 unspecified atom stereocenters. The van der Waals surface area contributed by atoms with Crippen molar-refractivity contribution >= 4 is 41.2 Å². The van der Waals surface area contributed by atoms with Gasteiger partial charge in [0.15, 0.2) is 0 Å². The van der Waals surface area contributed by atoms with E-state index in [-0.39, 0.29) is 19.6 Å². The lowest BCUT2D eigenvalue weighted by molar-refractivity contribution is -0.137. The summed E-state index contributed by atoms with van der Waals surface area (Å²) in [4.78, 5) is 48.5. The number of hydrogen-bond acceptors (Lipinski definition) is 8. The summed E-state index contributed by atoms with van der Waals surface area (Å²) < 4.78 is 4.78. The zero-order valence-corrected chi connectivity index (χ0v) is 19.5. The number of hydrogen-bond donors (Lipinski definition) is 5. The molecule has 10 nitrogen and oxygen atoms in total. The number of anilines is 1. The number of carboxylic acids is 1. The lowest BCUT2D eigenvalue weighted by atomic mass is 10.1. The number of ether oxygens (including phenoxy) is 1. The molecule has 1 atom stereocenters. The summed E-state index contributed by atoms with van der Waals surface area (Å²) in [5, 5.41) is 17.3. The van der Waals surface area contributed by atoms with Gasteiger partial charge in [-0.1, -0.05) is 18.2 Å². The van der Waals surface area contributed by atoms with E-state index in [1.165, 1.54) is 18.9 Å². The molecule has 2 aromatic carbocycles. The minimum Gasteiger partial charge on any atom is -0.481 e. The van der Waals surface area contributed by atoms with Crippen LogP contribution in [0.1, 0.15) is 33.6 Å². The van der Waals surface area contributed by atoms with Gasteiger partial charge in [0.1, 0.15) is 0 Å². The third-order valence-corrected chi connectivity index (χ3v) is 5.75. The van der Waals surface area contributed by atoms with Crippen LogP contribution < -0.4 is 21.7 Å². The van der Waals surface area contributed by atoms with Gasteiger partial charge in [-0.25, -0.2) is 4.79 Å². The van der Waals surface area contributed by atoms with Crippen molar-refractivity contribution in [2.75, 3.05) is 31.4 Å². The van der Waals surface area contributed by atoms with E-state index >= 15 is 0 Å². The summed E-state index contributed by atoms with van der Waals surface area (Å²) in [7, 11) is 1.30. The number of esters is 1. The second-order valence-corrected chi connectivity index (χ2v) is 8.27. The molecular weight excluding hydrogens is 460 g/mol. The molecule has 2 aromatic rings. The molecule has 0 saturated carbocycles. The Kier molecular flexibility index (Phi) is 10.9. The molecule has 0 radical (unpaired) electrons. The quantitative estimate of drug-likeness (QED) is 0.160. The summed E-state index contributed by atoms with van der Waals surface area (Å²) in [5.74, 6) is -2.01. The van der Waals surface area contributed by atoms with Crippen LogP contribution in [0.25, 0.3) is 0 Å². The Labute approximate surface area is 201 Å². The first-order valence-electron chi connectivity index (χ1n) is 10.5. The van der Waals surface area contributed by atoms with E-state index in [0.29, 0.717) is 33.9 Å².